The highest BCUT2D eigenvalue weighted by molar-refractivity contribution is 9.10. The zero-order chi connectivity index (χ0) is 11.5. The Morgan fingerprint density at radius 1 is 1.38 bits per heavy atom. The molecule has 16 heavy (non-hydrogen) atoms. The van der Waals surface area contributed by atoms with Gasteiger partial charge in [0, 0.05) is 18.4 Å². The maximum absolute atomic E-state index is 4.09. The zero-order valence-corrected chi connectivity index (χ0v) is 11.5. The van der Waals surface area contributed by atoms with E-state index in [1.807, 2.05) is 18.5 Å². The van der Waals surface area contributed by atoms with Crippen LogP contribution in [0.3, 0.4) is 0 Å². The standard InChI is InChI=1S/C13H19BrN2/c1-9-4-3-5-12(10(9)2)16-13-6-7-15-8-11(13)14/h6-10,12H,3-5H2,1-2H3,(H,15,16). The molecule has 1 aromatic heterocycles. The van der Waals surface area contributed by atoms with E-state index in [2.05, 4.69) is 40.1 Å². The van der Waals surface area contributed by atoms with Gasteiger partial charge in [-0.3, -0.25) is 4.98 Å². The van der Waals surface area contributed by atoms with Gasteiger partial charge in [0.25, 0.3) is 0 Å². The van der Waals surface area contributed by atoms with Crippen molar-refractivity contribution in [3.63, 3.8) is 0 Å². The van der Waals surface area contributed by atoms with Crippen LogP contribution in [0.1, 0.15) is 33.1 Å². The van der Waals surface area contributed by atoms with Crippen LogP contribution >= 0.6 is 15.9 Å². The van der Waals surface area contributed by atoms with Crippen molar-refractivity contribution < 1.29 is 0 Å². The molecule has 3 atom stereocenters. The highest BCUT2D eigenvalue weighted by Crippen LogP contribution is 2.32. The first kappa shape index (κ1) is 11.9. The first-order valence-electron chi connectivity index (χ1n) is 6.04. The monoisotopic (exact) mass is 282 g/mol. The van der Waals surface area contributed by atoms with Gasteiger partial charge in [0.15, 0.2) is 0 Å². The molecule has 1 fully saturated rings. The molecule has 3 unspecified atom stereocenters. The largest absolute Gasteiger partial charge is 0.381 e. The third-order valence-corrected chi connectivity index (χ3v) is 4.45. The fourth-order valence-electron chi connectivity index (χ4n) is 2.48. The fraction of sp³-hybridized carbons (Fsp3) is 0.615. The van der Waals surface area contributed by atoms with Crippen molar-refractivity contribution in [1.29, 1.82) is 0 Å². The molecule has 0 amide bonds. The molecule has 1 aromatic rings. The van der Waals surface area contributed by atoms with E-state index in [0.717, 1.165) is 16.3 Å². The average Bonchev–Trinajstić information content (AvgIpc) is 2.28. The van der Waals surface area contributed by atoms with Crippen LogP contribution in [-0.4, -0.2) is 11.0 Å². The van der Waals surface area contributed by atoms with E-state index in [0.29, 0.717) is 6.04 Å². The molecule has 0 spiro atoms. The van der Waals surface area contributed by atoms with Crippen LogP contribution in [-0.2, 0) is 0 Å². The van der Waals surface area contributed by atoms with Gasteiger partial charge in [0.05, 0.1) is 10.2 Å². The molecule has 1 saturated carbocycles. The summed E-state index contributed by atoms with van der Waals surface area (Å²) in [6.45, 7) is 4.72. The van der Waals surface area contributed by atoms with E-state index in [4.69, 9.17) is 0 Å². The number of anilines is 1. The summed E-state index contributed by atoms with van der Waals surface area (Å²) in [5.74, 6) is 1.57. The first-order chi connectivity index (χ1) is 7.68. The third kappa shape index (κ3) is 2.57. The fourth-order valence-corrected chi connectivity index (χ4v) is 2.84. The SMILES string of the molecule is CC1CCCC(Nc2ccncc2Br)C1C. The molecule has 0 radical (unpaired) electrons. The number of halogens is 1. The van der Waals surface area contributed by atoms with Crippen molar-refractivity contribution in [2.45, 2.75) is 39.2 Å². The Morgan fingerprint density at radius 3 is 2.94 bits per heavy atom. The molecule has 3 heteroatoms. The van der Waals surface area contributed by atoms with Crippen molar-refractivity contribution in [3.8, 4) is 0 Å². The van der Waals surface area contributed by atoms with Crippen LogP contribution in [0.15, 0.2) is 22.9 Å². The number of rotatable bonds is 2. The average molecular weight is 283 g/mol. The molecule has 0 aromatic carbocycles. The summed E-state index contributed by atoms with van der Waals surface area (Å²) < 4.78 is 1.06. The predicted molar refractivity (Wildman–Crippen MR) is 71.5 cm³/mol. The van der Waals surface area contributed by atoms with Gasteiger partial charge in [0.2, 0.25) is 0 Å². The summed E-state index contributed by atoms with van der Waals surface area (Å²) >= 11 is 3.53. The number of pyridine rings is 1. The lowest BCUT2D eigenvalue weighted by Crippen LogP contribution is -2.35. The lowest BCUT2D eigenvalue weighted by atomic mass is 9.78. The minimum Gasteiger partial charge on any atom is -0.381 e. The van der Waals surface area contributed by atoms with Gasteiger partial charge in [-0.25, -0.2) is 0 Å². The molecule has 0 bridgehead atoms. The van der Waals surface area contributed by atoms with Gasteiger partial charge < -0.3 is 5.32 Å². The van der Waals surface area contributed by atoms with Crippen molar-refractivity contribution in [2.75, 3.05) is 5.32 Å². The number of aromatic nitrogens is 1. The third-order valence-electron chi connectivity index (χ3n) is 3.82. The number of hydrogen-bond acceptors (Lipinski definition) is 2. The van der Waals surface area contributed by atoms with Crippen molar-refractivity contribution in [2.24, 2.45) is 11.8 Å². The summed E-state index contributed by atoms with van der Waals surface area (Å²) in [6.07, 6.45) is 7.67. The smallest absolute Gasteiger partial charge is 0.0590 e. The maximum atomic E-state index is 4.09. The van der Waals surface area contributed by atoms with Crippen molar-refractivity contribution >= 4 is 21.6 Å². The molecular formula is C13H19BrN2. The summed E-state index contributed by atoms with van der Waals surface area (Å²) in [7, 11) is 0. The molecular weight excluding hydrogens is 264 g/mol. The van der Waals surface area contributed by atoms with Gasteiger partial charge in [-0.1, -0.05) is 26.7 Å². The van der Waals surface area contributed by atoms with Crippen LogP contribution in [0.5, 0.6) is 0 Å². The Hall–Kier alpha value is -0.570. The molecule has 1 aliphatic rings. The molecule has 1 heterocycles. The van der Waals surface area contributed by atoms with Crippen LogP contribution in [0.4, 0.5) is 5.69 Å². The Labute approximate surface area is 106 Å². The molecule has 0 saturated heterocycles. The van der Waals surface area contributed by atoms with E-state index < -0.39 is 0 Å². The van der Waals surface area contributed by atoms with Gasteiger partial charge >= 0.3 is 0 Å². The molecule has 0 aliphatic heterocycles. The van der Waals surface area contributed by atoms with Crippen LogP contribution < -0.4 is 5.32 Å². The van der Waals surface area contributed by atoms with Crippen LogP contribution in [0.25, 0.3) is 0 Å². The summed E-state index contributed by atoms with van der Waals surface area (Å²) in [5.41, 5.74) is 1.17. The minimum atomic E-state index is 0.599. The molecule has 88 valence electrons. The van der Waals surface area contributed by atoms with E-state index in [9.17, 15) is 0 Å². The lowest BCUT2D eigenvalue weighted by Gasteiger charge is -2.35. The highest BCUT2D eigenvalue weighted by atomic mass is 79.9. The van der Waals surface area contributed by atoms with E-state index >= 15 is 0 Å². The van der Waals surface area contributed by atoms with Gasteiger partial charge in [-0.05, 0) is 40.3 Å². The van der Waals surface area contributed by atoms with E-state index in [1.165, 1.54) is 24.9 Å². The second kappa shape index (κ2) is 5.17. The van der Waals surface area contributed by atoms with Gasteiger partial charge in [-0.15, -0.1) is 0 Å². The molecule has 1 N–H and O–H groups in total. The molecule has 2 nitrogen and oxygen atoms in total. The first-order valence-corrected chi connectivity index (χ1v) is 6.84. The Morgan fingerprint density at radius 2 is 2.19 bits per heavy atom. The Bertz CT molecular complexity index is 354. The zero-order valence-electron chi connectivity index (χ0n) is 9.91. The molecule has 2 rings (SSSR count). The van der Waals surface area contributed by atoms with E-state index in [1.54, 1.807) is 0 Å². The van der Waals surface area contributed by atoms with Crippen LogP contribution in [0, 0.1) is 11.8 Å². The topological polar surface area (TPSA) is 24.9 Å². The second-order valence-corrected chi connectivity index (χ2v) is 5.73. The second-order valence-electron chi connectivity index (χ2n) is 4.87. The Balaban J connectivity index is 2.06. The maximum Gasteiger partial charge on any atom is 0.0590 e. The number of nitrogens with zero attached hydrogens (tertiary/aromatic N) is 1. The lowest BCUT2D eigenvalue weighted by molar-refractivity contribution is 0.253. The number of hydrogen-bond donors (Lipinski definition) is 1. The van der Waals surface area contributed by atoms with Gasteiger partial charge in [-0.2, -0.15) is 0 Å². The van der Waals surface area contributed by atoms with Crippen LogP contribution in [0.2, 0.25) is 0 Å². The minimum absolute atomic E-state index is 0.599. The predicted octanol–water partition coefficient (Wildman–Crippen LogP) is 4.08. The summed E-state index contributed by atoms with van der Waals surface area (Å²) in [4.78, 5) is 4.09. The quantitative estimate of drug-likeness (QED) is 0.884. The highest BCUT2D eigenvalue weighted by Gasteiger charge is 2.27. The summed E-state index contributed by atoms with van der Waals surface area (Å²) in [5, 5.41) is 3.64. The van der Waals surface area contributed by atoms with E-state index in [-0.39, 0.29) is 0 Å². The van der Waals surface area contributed by atoms with Crippen molar-refractivity contribution in [1.82, 2.24) is 4.98 Å². The van der Waals surface area contributed by atoms with Gasteiger partial charge in [0.1, 0.15) is 0 Å². The summed E-state index contributed by atoms with van der Waals surface area (Å²) in [6, 6.07) is 2.64. The number of nitrogens with one attached hydrogen (secondary N) is 1. The Kier molecular flexibility index (Phi) is 3.85. The molecule has 1 aliphatic carbocycles. The van der Waals surface area contributed by atoms with Crippen molar-refractivity contribution in [3.05, 3.63) is 22.9 Å². The normalized spacial score (nSPS) is 30.1.